The lowest BCUT2D eigenvalue weighted by Crippen LogP contribution is -2.37. The quantitative estimate of drug-likeness (QED) is 0.789. The van der Waals surface area contributed by atoms with Crippen molar-refractivity contribution >= 4 is 0 Å². The molecule has 0 bridgehead atoms. The predicted molar refractivity (Wildman–Crippen MR) is 70.6 cm³/mol. The molecule has 0 aliphatic carbocycles. The van der Waals surface area contributed by atoms with E-state index >= 15 is 0 Å². The average Bonchev–Trinajstić information content (AvgIpc) is 2.39. The maximum atomic E-state index is 5.35. The number of benzene rings is 1. The molecule has 0 aliphatic rings. The number of hydrogen-bond acceptors (Lipinski definition) is 3. The van der Waals surface area contributed by atoms with Crippen molar-refractivity contribution in [1.82, 2.24) is 5.32 Å². The fraction of sp³-hybridized carbons (Fsp3) is 0.571. The highest BCUT2D eigenvalue weighted by Crippen LogP contribution is 2.14. The van der Waals surface area contributed by atoms with E-state index in [0.717, 1.165) is 18.6 Å². The Balaban J connectivity index is 2.47. The first-order valence-electron chi connectivity index (χ1n) is 6.04. The fourth-order valence-electron chi connectivity index (χ4n) is 1.89. The van der Waals surface area contributed by atoms with Gasteiger partial charge in [-0.3, -0.25) is 0 Å². The van der Waals surface area contributed by atoms with Gasteiger partial charge in [0.25, 0.3) is 0 Å². The first kappa shape index (κ1) is 14.0. The zero-order valence-electron chi connectivity index (χ0n) is 11.2. The van der Waals surface area contributed by atoms with E-state index in [0.29, 0.717) is 6.04 Å². The van der Waals surface area contributed by atoms with Crippen molar-refractivity contribution in [1.29, 1.82) is 0 Å². The van der Waals surface area contributed by atoms with Crippen LogP contribution < -0.4 is 10.1 Å². The van der Waals surface area contributed by atoms with Crippen LogP contribution >= 0.6 is 0 Å². The Morgan fingerprint density at radius 3 is 2.29 bits per heavy atom. The average molecular weight is 237 g/mol. The normalized spacial score (nSPS) is 14.4. The molecule has 17 heavy (non-hydrogen) atoms. The van der Waals surface area contributed by atoms with Crippen molar-refractivity contribution in [2.45, 2.75) is 31.9 Å². The zero-order chi connectivity index (χ0) is 12.7. The smallest absolute Gasteiger partial charge is 0.118 e. The molecule has 0 amide bonds. The van der Waals surface area contributed by atoms with Crippen LogP contribution in [0.1, 0.15) is 18.9 Å². The van der Waals surface area contributed by atoms with Crippen LogP contribution in [-0.2, 0) is 11.2 Å². The van der Waals surface area contributed by atoms with Gasteiger partial charge in [-0.15, -0.1) is 0 Å². The van der Waals surface area contributed by atoms with E-state index < -0.39 is 0 Å². The van der Waals surface area contributed by atoms with E-state index in [2.05, 4.69) is 24.4 Å². The summed E-state index contributed by atoms with van der Waals surface area (Å²) >= 11 is 0. The molecule has 0 heterocycles. The molecule has 0 saturated heterocycles. The Morgan fingerprint density at radius 2 is 1.82 bits per heavy atom. The molecule has 1 rings (SSSR count). The number of likely N-dealkylation sites (N-methyl/N-ethyl adjacent to an activating group) is 1. The highest BCUT2D eigenvalue weighted by atomic mass is 16.5. The predicted octanol–water partition coefficient (Wildman–Crippen LogP) is 2.25. The first-order chi connectivity index (χ1) is 8.21. The van der Waals surface area contributed by atoms with Gasteiger partial charge in [-0.2, -0.15) is 0 Å². The summed E-state index contributed by atoms with van der Waals surface area (Å²) < 4.78 is 10.5. The number of hydrogen-bond donors (Lipinski definition) is 1. The van der Waals surface area contributed by atoms with Crippen molar-refractivity contribution in [2.75, 3.05) is 21.3 Å². The first-order valence-corrected chi connectivity index (χ1v) is 6.04. The molecule has 1 aromatic rings. The van der Waals surface area contributed by atoms with Crippen LogP contribution in [0.4, 0.5) is 0 Å². The summed E-state index contributed by atoms with van der Waals surface area (Å²) in [4.78, 5) is 0. The molecule has 2 atom stereocenters. The Kier molecular flexibility index (Phi) is 6.01. The summed E-state index contributed by atoms with van der Waals surface area (Å²) in [5, 5.41) is 3.30. The minimum Gasteiger partial charge on any atom is -0.497 e. The summed E-state index contributed by atoms with van der Waals surface area (Å²) in [6.07, 6.45) is 2.35. The van der Waals surface area contributed by atoms with E-state index in [-0.39, 0.29) is 6.10 Å². The molecule has 0 fully saturated rings. The van der Waals surface area contributed by atoms with E-state index in [1.165, 1.54) is 5.56 Å². The maximum Gasteiger partial charge on any atom is 0.118 e. The summed E-state index contributed by atoms with van der Waals surface area (Å²) in [7, 11) is 5.42. The second-order valence-electron chi connectivity index (χ2n) is 4.22. The zero-order valence-corrected chi connectivity index (χ0v) is 11.2. The fourth-order valence-corrected chi connectivity index (χ4v) is 1.89. The number of methoxy groups -OCH3 is 2. The van der Waals surface area contributed by atoms with Crippen LogP contribution in [0.2, 0.25) is 0 Å². The second kappa shape index (κ2) is 7.30. The molecule has 1 aromatic carbocycles. The Morgan fingerprint density at radius 1 is 1.18 bits per heavy atom. The standard InChI is InChI=1S/C14H23NO2/c1-11(16-3)14(15-2)10-7-12-5-8-13(17-4)9-6-12/h5-6,8-9,11,14-15H,7,10H2,1-4H3. The Labute approximate surface area is 104 Å². The van der Waals surface area contributed by atoms with Gasteiger partial charge < -0.3 is 14.8 Å². The van der Waals surface area contributed by atoms with Crippen LogP contribution in [0.5, 0.6) is 5.75 Å². The van der Waals surface area contributed by atoms with Crippen LogP contribution in [0.25, 0.3) is 0 Å². The highest BCUT2D eigenvalue weighted by molar-refractivity contribution is 5.27. The molecule has 0 aromatic heterocycles. The lowest BCUT2D eigenvalue weighted by atomic mass is 10.0. The van der Waals surface area contributed by atoms with Crippen molar-refractivity contribution in [3.63, 3.8) is 0 Å². The highest BCUT2D eigenvalue weighted by Gasteiger charge is 2.14. The Hall–Kier alpha value is -1.06. The molecule has 1 N–H and O–H groups in total. The third-order valence-electron chi connectivity index (χ3n) is 3.21. The van der Waals surface area contributed by atoms with Gasteiger partial charge in [0.05, 0.1) is 13.2 Å². The number of ether oxygens (including phenoxy) is 2. The van der Waals surface area contributed by atoms with Gasteiger partial charge >= 0.3 is 0 Å². The summed E-state index contributed by atoms with van der Waals surface area (Å²) in [5.74, 6) is 0.907. The van der Waals surface area contributed by atoms with Gasteiger partial charge in [0.15, 0.2) is 0 Å². The summed E-state index contributed by atoms with van der Waals surface area (Å²) in [6, 6.07) is 8.63. The van der Waals surface area contributed by atoms with Crippen molar-refractivity contribution in [3.05, 3.63) is 29.8 Å². The topological polar surface area (TPSA) is 30.5 Å². The van der Waals surface area contributed by atoms with E-state index in [1.54, 1.807) is 14.2 Å². The summed E-state index contributed by atoms with van der Waals surface area (Å²) in [5.41, 5.74) is 1.33. The van der Waals surface area contributed by atoms with Gasteiger partial charge in [-0.1, -0.05) is 12.1 Å². The monoisotopic (exact) mass is 237 g/mol. The third-order valence-corrected chi connectivity index (χ3v) is 3.21. The number of aryl methyl sites for hydroxylation is 1. The Bertz CT molecular complexity index is 311. The molecule has 0 saturated carbocycles. The van der Waals surface area contributed by atoms with Gasteiger partial charge in [0.2, 0.25) is 0 Å². The van der Waals surface area contributed by atoms with Crippen molar-refractivity contribution in [2.24, 2.45) is 0 Å². The molecule has 3 nitrogen and oxygen atoms in total. The maximum absolute atomic E-state index is 5.35. The molecule has 3 heteroatoms. The lowest BCUT2D eigenvalue weighted by molar-refractivity contribution is 0.0829. The third kappa shape index (κ3) is 4.36. The molecule has 0 spiro atoms. The van der Waals surface area contributed by atoms with Crippen LogP contribution in [0.15, 0.2) is 24.3 Å². The molecular formula is C14H23NO2. The minimum absolute atomic E-state index is 0.234. The van der Waals surface area contributed by atoms with Crippen LogP contribution in [-0.4, -0.2) is 33.4 Å². The van der Waals surface area contributed by atoms with E-state index in [9.17, 15) is 0 Å². The van der Waals surface area contributed by atoms with Crippen molar-refractivity contribution < 1.29 is 9.47 Å². The van der Waals surface area contributed by atoms with E-state index in [1.807, 2.05) is 19.2 Å². The SMILES string of the molecule is CNC(CCc1ccc(OC)cc1)C(C)OC. The number of rotatable bonds is 7. The molecule has 0 radical (unpaired) electrons. The van der Waals surface area contributed by atoms with Gasteiger partial charge in [0, 0.05) is 13.2 Å². The van der Waals surface area contributed by atoms with Gasteiger partial charge in [-0.25, -0.2) is 0 Å². The van der Waals surface area contributed by atoms with Gasteiger partial charge in [0.1, 0.15) is 5.75 Å². The molecular weight excluding hydrogens is 214 g/mol. The molecule has 0 aliphatic heterocycles. The number of nitrogens with one attached hydrogen (secondary N) is 1. The second-order valence-corrected chi connectivity index (χ2v) is 4.22. The summed E-state index contributed by atoms with van der Waals surface area (Å²) in [6.45, 7) is 2.09. The lowest BCUT2D eigenvalue weighted by Gasteiger charge is -2.22. The van der Waals surface area contributed by atoms with Crippen molar-refractivity contribution in [3.8, 4) is 5.75 Å². The minimum atomic E-state index is 0.234. The van der Waals surface area contributed by atoms with Crippen LogP contribution in [0, 0.1) is 0 Å². The largest absolute Gasteiger partial charge is 0.497 e. The van der Waals surface area contributed by atoms with Gasteiger partial charge in [-0.05, 0) is 44.5 Å². The molecule has 96 valence electrons. The van der Waals surface area contributed by atoms with E-state index in [4.69, 9.17) is 9.47 Å². The van der Waals surface area contributed by atoms with Crippen LogP contribution in [0.3, 0.4) is 0 Å². The molecule has 2 unspecified atom stereocenters.